The fourth-order valence-corrected chi connectivity index (χ4v) is 1.33. The number of esters is 1. The van der Waals surface area contributed by atoms with Gasteiger partial charge in [-0.2, -0.15) is 0 Å². The number of halogens is 1. The zero-order valence-electron chi connectivity index (χ0n) is 9.33. The van der Waals surface area contributed by atoms with Crippen LogP contribution >= 0.6 is 12.4 Å². The van der Waals surface area contributed by atoms with E-state index in [1.165, 1.54) is 0 Å². The SMILES string of the molecule is CC(C)(C)OC(=O)C1CNCCC1=O.Cl. The number of Topliss-reactive ketones (excluding diaryl/α,β-unsaturated/α-hetero) is 1. The summed E-state index contributed by atoms with van der Waals surface area (Å²) >= 11 is 0. The van der Waals surface area contributed by atoms with E-state index >= 15 is 0 Å². The van der Waals surface area contributed by atoms with Gasteiger partial charge in [0.2, 0.25) is 0 Å². The second kappa shape index (κ2) is 5.47. The lowest BCUT2D eigenvalue weighted by Crippen LogP contribution is -2.43. The van der Waals surface area contributed by atoms with Crippen molar-refractivity contribution in [2.75, 3.05) is 13.1 Å². The monoisotopic (exact) mass is 235 g/mol. The lowest BCUT2D eigenvalue weighted by molar-refractivity contribution is -0.162. The second-order valence-electron chi connectivity index (χ2n) is 4.51. The maximum absolute atomic E-state index is 11.5. The van der Waals surface area contributed by atoms with E-state index in [0.29, 0.717) is 19.5 Å². The van der Waals surface area contributed by atoms with E-state index in [2.05, 4.69) is 5.32 Å². The van der Waals surface area contributed by atoms with Crippen molar-refractivity contribution in [2.45, 2.75) is 32.8 Å². The quantitative estimate of drug-likeness (QED) is 0.543. The van der Waals surface area contributed by atoms with Crippen LogP contribution in [0.2, 0.25) is 0 Å². The van der Waals surface area contributed by atoms with Crippen LogP contribution in [0.1, 0.15) is 27.2 Å². The number of ketones is 1. The molecule has 1 rings (SSSR count). The number of hydrogen-bond donors (Lipinski definition) is 1. The molecule has 0 amide bonds. The summed E-state index contributed by atoms with van der Waals surface area (Å²) in [5, 5.41) is 3.01. The number of carbonyl (C=O) groups excluding carboxylic acids is 2. The van der Waals surface area contributed by atoms with Crippen molar-refractivity contribution in [3.05, 3.63) is 0 Å². The molecule has 0 aromatic carbocycles. The maximum Gasteiger partial charge on any atom is 0.318 e. The molecule has 15 heavy (non-hydrogen) atoms. The van der Waals surface area contributed by atoms with Gasteiger partial charge in [0, 0.05) is 19.5 Å². The molecule has 0 saturated carbocycles. The van der Waals surface area contributed by atoms with E-state index < -0.39 is 17.5 Å². The average molecular weight is 236 g/mol. The molecule has 1 N–H and O–H groups in total. The number of rotatable bonds is 1. The molecule has 1 aliphatic rings. The third kappa shape index (κ3) is 4.62. The van der Waals surface area contributed by atoms with Crippen molar-refractivity contribution in [1.29, 1.82) is 0 Å². The first kappa shape index (κ1) is 14.4. The van der Waals surface area contributed by atoms with E-state index in [4.69, 9.17) is 4.74 Å². The van der Waals surface area contributed by atoms with Crippen LogP contribution in [0.25, 0.3) is 0 Å². The van der Waals surface area contributed by atoms with Crippen LogP contribution in [0.5, 0.6) is 0 Å². The third-order valence-electron chi connectivity index (χ3n) is 1.98. The van der Waals surface area contributed by atoms with Crippen molar-refractivity contribution in [1.82, 2.24) is 5.32 Å². The van der Waals surface area contributed by atoms with Crippen LogP contribution in [0.4, 0.5) is 0 Å². The highest BCUT2D eigenvalue weighted by Gasteiger charge is 2.32. The Balaban J connectivity index is 0.00000196. The first-order valence-corrected chi connectivity index (χ1v) is 4.86. The largest absolute Gasteiger partial charge is 0.459 e. The highest BCUT2D eigenvalue weighted by molar-refractivity contribution is 5.99. The van der Waals surface area contributed by atoms with Crippen LogP contribution in [-0.4, -0.2) is 30.4 Å². The molecule has 1 heterocycles. The topological polar surface area (TPSA) is 55.4 Å². The summed E-state index contributed by atoms with van der Waals surface area (Å²) in [4.78, 5) is 22.9. The van der Waals surface area contributed by atoms with Gasteiger partial charge in [-0.25, -0.2) is 0 Å². The molecule has 1 atom stereocenters. The standard InChI is InChI=1S/C10H17NO3.ClH/c1-10(2,3)14-9(13)7-6-11-5-4-8(7)12;/h7,11H,4-6H2,1-3H3;1H. The van der Waals surface area contributed by atoms with Gasteiger partial charge in [-0.1, -0.05) is 0 Å². The Bertz CT molecular complexity index is 248. The molecule has 1 unspecified atom stereocenters. The highest BCUT2D eigenvalue weighted by atomic mass is 35.5. The summed E-state index contributed by atoms with van der Waals surface area (Å²) in [6, 6.07) is 0. The van der Waals surface area contributed by atoms with Gasteiger partial charge < -0.3 is 10.1 Å². The van der Waals surface area contributed by atoms with E-state index in [1.54, 1.807) is 20.8 Å². The molecule has 1 aliphatic heterocycles. The first-order valence-electron chi connectivity index (χ1n) is 4.86. The summed E-state index contributed by atoms with van der Waals surface area (Å²) < 4.78 is 5.15. The normalized spacial score (nSPS) is 21.8. The molecule has 5 heteroatoms. The predicted molar refractivity (Wildman–Crippen MR) is 59.1 cm³/mol. The number of hydrogen-bond acceptors (Lipinski definition) is 4. The zero-order valence-corrected chi connectivity index (χ0v) is 10.1. The van der Waals surface area contributed by atoms with Crippen LogP contribution in [0, 0.1) is 5.92 Å². The number of nitrogens with one attached hydrogen (secondary N) is 1. The molecule has 0 bridgehead atoms. The van der Waals surface area contributed by atoms with Gasteiger partial charge in [0.1, 0.15) is 17.3 Å². The Morgan fingerprint density at radius 1 is 1.47 bits per heavy atom. The van der Waals surface area contributed by atoms with Crippen molar-refractivity contribution in [2.24, 2.45) is 5.92 Å². The second-order valence-corrected chi connectivity index (χ2v) is 4.51. The van der Waals surface area contributed by atoms with Gasteiger partial charge in [-0.15, -0.1) is 12.4 Å². The molecule has 1 fully saturated rings. The Morgan fingerprint density at radius 2 is 2.07 bits per heavy atom. The maximum atomic E-state index is 11.5. The number of carbonyl (C=O) groups is 2. The molecule has 4 nitrogen and oxygen atoms in total. The van der Waals surface area contributed by atoms with Gasteiger partial charge in [-0.3, -0.25) is 9.59 Å². The van der Waals surface area contributed by atoms with Gasteiger partial charge >= 0.3 is 5.97 Å². The first-order chi connectivity index (χ1) is 6.40. The van der Waals surface area contributed by atoms with Crippen molar-refractivity contribution in [3.63, 3.8) is 0 Å². The van der Waals surface area contributed by atoms with Gasteiger partial charge in [0.05, 0.1) is 0 Å². The van der Waals surface area contributed by atoms with Crippen LogP contribution < -0.4 is 5.32 Å². The number of piperidine rings is 1. The minimum absolute atomic E-state index is 0. The fourth-order valence-electron chi connectivity index (χ4n) is 1.33. The predicted octanol–water partition coefficient (Wildman–Crippen LogP) is 0.928. The van der Waals surface area contributed by atoms with Crippen LogP contribution in [-0.2, 0) is 14.3 Å². The van der Waals surface area contributed by atoms with E-state index in [9.17, 15) is 9.59 Å². The smallest absolute Gasteiger partial charge is 0.318 e. The summed E-state index contributed by atoms with van der Waals surface area (Å²) in [6.07, 6.45) is 0.421. The highest BCUT2D eigenvalue weighted by Crippen LogP contribution is 2.14. The van der Waals surface area contributed by atoms with Crippen molar-refractivity contribution >= 4 is 24.2 Å². The molecule has 0 spiro atoms. The van der Waals surface area contributed by atoms with Crippen molar-refractivity contribution in [3.8, 4) is 0 Å². The third-order valence-corrected chi connectivity index (χ3v) is 1.98. The van der Waals surface area contributed by atoms with E-state index in [1.807, 2.05) is 0 Å². The summed E-state index contributed by atoms with van der Waals surface area (Å²) in [5.41, 5.74) is -0.519. The molecular formula is C10H18ClNO3. The van der Waals surface area contributed by atoms with Gasteiger partial charge in [0.15, 0.2) is 0 Å². The molecule has 0 radical (unpaired) electrons. The molecule has 1 saturated heterocycles. The molecular weight excluding hydrogens is 218 g/mol. The molecule has 88 valence electrons. The van der Waals surface area contributed by atoms with Gasteiger partial charge in [0.25, 0.3) is 0 Å². The Morgan fingerprint density at radius 3 is 2.53 bits per heavy atom. The number of ether oxygens (including phenoxy) is 1. The van der Waals surface area contributed by atoms with Crippen LogP contribution in [0.3, 0.4) is 0 Å². The summed E-state index contributed by atoms with van der Waals surface area (Å²) in [7, 11) is 0. The Labute approximate surface area is 96.2 Å². The van der Waals surface area contributed by atoms with Gasteiger partial charge in [-0.05, 0) is 20.8 Å². The van der Waals surface area contributed by atoms with E-state index in [-0.39, 0.29) is 18.2 Å². The zero-order chi connectivity index (χ0) is 10.8. The fraction of sp³-hybridized carbons (Fsp3) is 0.800. The molecule has 0 aliphatic carbocycles. The minimum Gasteiger partial charge on any atom is -0.459 e. The van der Waals surface area contributed by atoms with Crippen molar-refractivity contribution < 1.29 is 14.3 Å². The van der Waals surface area contributed by atoms with Crippen LogP contribution in [0.15, 0.2) is 0 Å². The Kier molecular flexibility index (Phi) is 5.24. The average Bonchev–Trinajstić information content (AvgIpc) is 2.01. The summed E-state index contributed by atoms with van der Waals surface area (Å²) in [5.74, 6) is -1.03. The van der Waals surface area contributed by atoms with E-state index in [0.717, 1.165) is 0 Å². The minimum atomic E-state index is -0.608. The molecule has 0 aromatic heterocycles. The lowest BCUT2D eigenvalue weighted by atomic mass is 9.98. The Hall–Kier alpha value is -0.610. The molecule has 0 aromatic rings. The lowest BCUT2D eigenvalue weighted by Gasteiger charge is -2.25. The summed E-state index contributed by atoms with van der Waals surface area (Å²) in [6.45, 7) is 6.47.